The van der Waals surface area contributed by atoms with Crippen LogP contribution in [0.5, 0.6) is 0 Å². The summed E-state index contributed by atoms with van der Waals surface area (Å²) < 4.78 is 0. The van der Waals surface area contributed by atoms with Gasteiger partial charge in [-0.25, -0.2) is 0 Å². The minimum atomic E-state index is 0.235. The lowest BCUT2D eigenvalue weighted by molar-refractivity contribution is 0.194. The van der Waals surface area contributed by atoms with E-state index in [4.69, 9.17) is 5.11 Å². The predicted molar refractivity (Wildman–Crippen MR) is 114 cm³/mol. The summed E-state index contributed by atoms with van der Waals surface area (Å²) in [7, 11) is 0. The van der Waals surface area contributed by atoms with Crippen molar-refractivity contribution in [2.45, 2.75) is 109 Å². The van der Waals surface area contributed by atoms with E-state index in [1.54, 1.807) is 0 Å². The van der Waals surface area contributed by atoms with Gasteiger partial charge in [0.1, 0.15) is 0 Å². The van der Waals surface area contributed by atoms with Gasteiger partial charge in [-0.15, -0.1) is 0 Å². The van der Waals surface area contributed by atoms with E-state index < -0.39 is 0 Å². The fourth-order valence-corrected chi connectivity index (χ4v) is 3.64. The Morgan fingerprint density at radius 3 is 2.04 bits per heavy atom. The summed E-state index contributed by atoms with van der Waals surface area (Å²) in [6, 6.07) is 0. The summed E-state index contributed by atoms with van der Waals surface area (Å²) in [5, 5.41) is 12.4. The van der Waals surface area contributed by atoms with Crippen molar-refractivity contribution in [3.63, 3.8) is 0 Å². The number of nitrogens with one attached hydrogen (secondary N) is 1. The molecule has 0 fully saturated rings. The zero-order valence-electron chi connectivity index (χ0n) is 17.3. The molecule has 3 nitrogen and oxygen atoms in total. The fraction of sp³-hybridized carbons (Fsp3) is 0.826. The van der Waals surface area contributed by atoms with Gasteiger partial charge < -0.3 is 15.3 Å². The van der Waals surface area contributed by atoms with E-state index in [0.29, 0.717) is 6.17 Å². The third-order valence-corrected chi connectivity index (χ3v) is 5.28. The summed E-state index contributed by atoms with van der Waals surface area (Å²) in [6.45, 7) is 3.21. The molecule has 2 N–H and O–H groups in total. The first-order valence-electron chi connectivity index (χ1n) is 11.3. The molecule has 1 aliphatic rings. The highest BCUT2D eigenvalue weighted by atomic mass is 16.3. The van der Waals surface area contributed by atoms with E-state index in [9.17, 15) is 0 Å². The van der Waals surface area contributed by atoms with Crippen LogP contribution >= 0.6 is 0 Å². The van der Waals surface area contributed by atoms with Crippen LogP contribution in [0.3, 0.4) is 0 Å². The van der Waals surface area contributed by atoms with Crippen molar-refractivity contribution >= 4 is 0 Å². The van der Waals surface area contributed by atoms with Crippen LogP contribution in [0.15, 0.2) is 24.6 Å². The maximum atomic E-state index is 9.05. The van der Waals surface area contributed by atoms with Gasteiger partial charge in [-0.2, -0.15) is 0 Å². The number of allylic oxidation sites excluding steroid dienone is 2. The zero-order valence-corrected chi connectivity index (χ0v) is 17.3. The smallest absolute Gasteiger partial charge is 0.0982 e. The standard InChI is InChI=1S/C23H44N2O/c1-2-3-4-5-6-7-8-9-10-11-12-13-14-15-16-17-18-23-24-19-20-25(23)21-22-26/h4-5,19-20,23-24,26H,2-3,6-18,21-22H2,1H3/b5-4+. The normalized spacial score (nSPS) is 16.7. The van der Waals surface area contributed by atoms with Crippen LogP contribution in [0, 0.1) is 0 Å². The van der Waals surface area contributed by atoms with E-state index in [-0.39, 0.29) is 6.61 Å². The first-order valence-corrected chi connectivity index (χ1v) is 11.3. The minimum Gasteiger partial charge on any atom is -0.395 e. The molecule has 1 unspecified atom stereocenters. The van der Waals surface area contributed by atoms with Gasteiger partial charge in [0.25, 0.3) is 0 Å². The largest absolute Gasteiger partial charge is 0.395 e. The molecule has 0 aromatic carbocycles. The van der Waals surface area contributed by atoms with Gasteiger partial charge in [0.15, 0.2) is 0 Å². The molecule has 0 amide bonds. The van der Waals surface area contributed by atoms with Crippen LogP contribution < -0.4 is 5.32 Å². The Labute approximate surface area is 162 Å². The van der Waals surface area contributed by atoms with Gasteiger partial charge in [0, 0.05) is 18.9 Å². The minimum absolute atomic E-state index is 0.235. The molecule has 1 atom stereocenters. The highest BCUT2D eigenvalue weighted by Gasteiger charge is 2.16. The lowest BCUT2D eigenvalue weighted by atomic mass is 10.0. The highest BCUT2D eigenvalue weighted by molar-refractivity contribution is 4.93. The molecule has 0 spiro atoms. The highest BCUT2D eigenvalue weighted by Crippen LogP contribution is 2.15. The Bertz CT molecular complexity index is 354. The molecule has 0 radical (unpaired) electrons. The SMILES string of the molecule is CCC/C=C/CCCCCCCCCCCCCC1NC=CN1CCO. The van der Waals surface area contributed by atoms with E-state index in [1.807, 2.05) is 6.20 Å². The van der Waals surface area contributed by atoms with Crippen LogP contribution in [-0.4, -0.2) is 29.3 Å². The summed E-state index contributed by atoms with van der Waals surface area (Å²) in [5.74, 6) is 0. The zero-order chi connectivity index (χ0) is 18.7. The van der Waals surface area contributed by atoms with Crippen LogP contribution in [0.25, 0.3) is 0 Å². The van der Waals surface area contributed by atoms with Gasteiger partial charge in [-0.1, -0.05) is 83.3 Å². The predicted octanol–water partition coefficient (Wildman–Crippen LogP) is 6.11. The maximum Gasteiger partial charge on any atom is 0.0982 e. The molecule has 0 aromatic heterocycles. The number of aliphatic hydroxyl groups is 1. The van der Waals surface area contributed by atoms with Gasteiger partial charge >= 0.3 is 0 Å². The van der Waals surface area contributed by atoms with Crippen LogP contribution in [-0.2, 0) is 0 Å². The molecular weight excluding hydrogens is 320 g/mol. The first kappa shape index (κ1) is 23.1. The van der Waals surface area contributed by atoms with E-state index in [1.165, 1.54) is 96.3 Å². The molecule has 0 aliphatic carbocycles. The third kappa shape index (κ3) is 12.4. The molecule has 26 heavy (non-hydrogen) atoms. The van der Waals surface area contributed by atoms with Gasteiger partial charge in [-0.3, -0.25) is 0 Å². The number of nitrogens with zero attached hydrogens (tertiary/aromatic N) is 1. The van der Waals surface area contributed by atoms with Crippen LogP contribution in [0.1, 0.15) is 103 Å². The summed E-state index contributed by atoms with van der Waals surface area (Å²) in [6.07, 6.45) is 29.5. The van der Waals surface area contributed by atoms with Crippen molar-refractivity contribution in [2.24, 2.45) is 0 Å². The average Bonchev–Trinajstić information content (AvgIpc) is 3.09. The lowest BCUT2D eigenvalue weighted by Crippen LogP contribution is -2.36. The molecule has 0 saturated carbocycles. The first-order chi connectivity index (χ1) is 12.9. The van der Waals surface area contributed by atoms with Crippen molar-refractivity contribution in [1.29, 1.82) is 0 Å². The number of rotatable bonds is 18. The summed E-state index contributed by atoms with van der Waals surface area (Å²) in [4.78, 5) is 2.21. The molecule has 1 aliphatic heterocycles. The molecular formula is C23H44N2O. The number of aliphatic hydroxyl groups excluding tert-OH is 1. The molecule has 152 valence electrons. The third-order valence-electron chi connectivity index (χ3n) is 5.28. The Kier molecular flexibility index (Phi) is 15.5. The van der Waals surface area contributed by atoms with Crippen molar-refractivity contribution in [1.82, 2.24) is 10.2 Å². The number of hydrogen-bond donors (Lipinski definition) is 2. The number of hydrogen-bond acceptors (Lipinski definition) is 3. The Morgan fingerprint density at radius 1 is 0.846 bits per heavy atom. The van der Waals surface area contributed by atoms with Gasteiger partial charge in [-0.05, 0) is 32.1 Å². The van der Waals surface area contributed by atoms with Crippen molar-refractivity contribution in [2.75, 3.05) is 13.2 Å². The number of β-amino-alcohol motifs (C(OH)–C–C–N with tert-alkyl or cyclic N) is 1. The quantitative estimate of drug-likeness (QED) is 0.227. The molecule has 0 bridgehead atoms. The molecule has 0 saturated heterocycles. The summed E-state index contributed by atoms with van der Waals surface area (Å²) >= 11 is 0. The fourth-order valence-electron chi connectivity index (χ4n) is 3.64. The van der Waals surface area contributed by atoms with E-state index in [2.05, 4.69) is 35.5 Å². The Morgan fingerprint density at radius 2 is 1.42 bits per heavy atom. The summed E-state index contributed by atoms with van der Waals surface area (Å²) in [5.41, 5.74) is 0. The molecule has 0 aromatic rings. The van der Waals surface area contributed by atoms with Crippen LogP contribution in [0.4, 0.5) is 0 Å². The topological polar surface area (TPSA) is 35.5 Å². The Balaban J connectivity index is 1.76. The second-order valence-electron chi connectivity index (χ2n) is 7.69. The maximum absolute atomic E-state index is 9.05. The average molecular weight is 365 g/mol. The van der Waals surface area contributed by atoms with Crippen molar-refractivity contribution < 1.29 is 5.11 Å². The van der Waals surface area contributed by atoms with Crippen molar-refractivity contribution in [3.05, 3.63) is 24.6 Å². The second kappa shape index (κ2) is 17.5. The number of unbranched alkanes of at least 4 members (excludes halogenated alkanes) is 12. The lowest BCUT2D eigenvalue weighted by Gasteiger charge is -2.24. The molecule has 1 rings (SSSR count). The molecule has 1 heterocycles. The monoisotopic (exact) mass is 364 g/mol. The molecule has 3 heteroatoms. The van der Waals surface area contributed by atoms with Crippen molar-refractivity contribution in [3.8, 4) is 0 Å². The van der Waals surface area contributed by atoms with Gasteiger partial charge in [0.05, 0.1) is 12.8 Å². The Hall–Kier alpha value is -0.960. The van der Waals surface area contributed by atoms with E-state index in [0.717, 1.165) is 6.54 Å². The van der Waals surface area contributed by atoms with Gasteiger partial charge in [0.2, 0.25) is 0 Å². The van der Waals surface area contributed by atoms with E-state index >= 15 is 0 Å². The van der Waals surface area contributed by atoms with Crippen LogP contribution in [0.2, 0.25) is 0 Å². The second-order valence-corrected chi connectivity index (χ2v) is 7.69.